The summed E-state index contributed by atoms with van der Waals surface area (Å²) in [7, 11) is -3.79. The topological polar surface area (TPSA) is 141 Å². The van der Waals surface area contributed by atoms with Crippen LogP contribution >= 0.6 is 0 Å². The first-order valence-electron chi connectivity index (χ1n) is 15.8. The summed E-state index contributed by atoms with van der Waals surface area (Å²) < 4.78 is 39.3. The summed E-state index contributed by atoms with van der Waals surface area (Å²) in [4.78, 5) is 29.3. The standard InChI is InChI=1S/C33H44N4O7S/c1-23(2)19-28(32(39)34-27-11-8-16-37(22-29(27)38)45(41,42)26-9-4-3-5-10-26)35-33(40)31-21-24-20-25(12-13-30(24)44-31)43-18-17-36-14-6-7-15-36/h3-5,9-10,12-13,20-21,23,27-29,38H,6-8,11,14-19,22H2,1-2H3,(H,34,39)(H,35,40)/t27?,28?,29-/m0/s1. The van der Waals surface area contributed by atoms with Crippen LogP contribution in [0.3, 0.4) is 0 Å². The molecule has 12 heteroatoms. The summed E-state index contributed by atoms with van der Waals surface area (Å²) in [5.74, 6) is -0.0986. The van der Waals surface area contributed by atoms with Crippen LogP contribution < -0.4 is 15.4 Å². The van der Waals surface area contributed by atoms with E-state index in [2.05, 4.69) is 15.5 Å². The lowest BCUT2D eigenvalue weighted by Crippen LogP contribution is -2.54. The van der Waals surface area contributed by atoms with Gasteiger partial charge in [0.25, 0.3) is 5.91 Å². The number of sulfonamides is 1. The van der Waals surface area contributed by atoms with Gasteiger partial charge in [-0.3, -0.25) is 14.5 Å². The molecule has 2 aliphatic rings. The van der Waals surface area contributed by atoms with Gasteiger partial charge in [0.1, 0.15) is 24.0 Å². The number of likely N-dealkylation sites (tertiary alicyclic amines) is 1. The predicted octanol–water partition coefficient (Wildman–Crippen LogP) is 3.38. The number of hydrogen-bond donors (Lipinski definition) is 3. The van der Waals surface area contributed by atoms with Crippen LogP contribution in [0.2, 0.25) is 0 Å². The van der Waals surface area contributed by atoms with Crippen molar-refractivity contribution in [3.63, 3.8) is 0 Å². The Kier molecular flexibility index (Phi) is 10.8. The quantitative estimate of drug-likeness (QED) is 0.274. The molecule has 2 saturated heterocycles. The molecule has 0 bridgehead atoms. The van der Waals surface area contributed by atoms with Crippen LogP contribution in [-0.4, -0.2) is 92.1 Å². The number of carbonyl (C=O) groups excluding carboxylic acids is 2. The number of β-amino-alcohol motifs (C(OH)–C–C–N with tert-alkyl or cyclic N) is 1. The molecular weight excluding hydrogens is 596 g/mol. The van der Waals surface area contributed by atoms with Gasteiger partial charge in [-0.1, -0.05) is 32.0 Å². The summed E-state index contributed by atoms with van der Waals surface area (Å²) >= 11 is 0. The van der Waals surface area contributed by atoms with E-state index < -0.39 is 40.0 Å². The van der Waals surface area contributed by atoms with Crippen LogP contribution in [0.5, 0.6) is 5.75 Å². The van der Waals surface area contributed by atoms with Gasteiger partial charge in [0.2, 0.25) is 15.9 Å². The third-order valence-corrected chi connectivity index (χ3v) is 10.3. The van der Waals surface area contributed by atoms with Gasteiger partial charge >= 0.3 is 0 Å². The maximum absolute atomic E-state index is 13.5. The smallest absolute Gasteiger partial charge is 0.287 e. The molecule has 2 fully saturated rings. The number of furan rings is 1. The Morgan fingerprint density at radius 1 is 1.04 bits per heavy atom. The number of fused-ring (bicyclic) bond motifs is 1. The van der Waals surface area contributed by atoms with Crippen LogP contribution in [0.15, 0.2) is 63.9 Å². The molecule has 2 unspecified atom stereocenters. The number of carbonyl (C=O) groups is 2. The van der Waals surface area contributed by atoms with Crippen molar-refractivity contribution in [2.45, 2.75) is 69.0 Å². The fourth-order valence-electron chi connectivity index (χ4n) is 5.97. The molecule has 0 saturated carbocycles. The van der Waals surface area contributed by atoms with E-state index in [1.54, 1.807) is 30.3 Å². The number of benzene rings is 2. The molecule has 3 N–H and O–H groups in total. The van der Waals surface area contributed by atoms with Crippen LogP contribution in [0.1, 0.15) is 56.5 Å². The van der Waals surface area contributed by atoms with E-state index in [1.807, 2.05) is 26.0 Å². The van der Waals surface area contributed by atoms with Crippen molar-refractivity contribution in [3.05, 3.63) is 60.4 Å². The van der Waals surface area contributed by atoms with E-state index in [0.29, 0.717) is 37.2 Å². The van der Waals surface area contributed by atoms with Gasteiger partial charge in [-0.15, -0.1) is 0 Å². The minimum absolute atomic E-state index is 0.0806. The molecule has 0 spiro atoms. The number of amides is 2. The second-order valence-corrected chi connectivity index (χ2v) is 14.3. The van der Waals surface area contributed by atoms with Gasteiger partial charge in [0.05, 0.1) is 17.0 Å². The Morgan fingerprint density at radius 3 is 2.53 bits per heavy atom. The maximum atomic E-state index is 13.5. The number of aliphatic hydroxyl groups is 1. The third-order valence-electron chi connectivity index (χ3n) is 8.40. The molecular formula is C33H44N4O7S. The predicted molar refractivity (Wildman–Crippen MR) is 170 cm³/mol. The summed E-state index contributed by atoms with van der Waals surface area (Å²) in [6.07, 6.45) is 2.56. The van der Waals surface area contributed by atoms with E-state index in [4.69, 9.17) is 9.15 Å². The molecule has 5 rings (SSSR count). The first kappa shape index (κ1) is 32.9. The number of ether oxygens (including phenoxy) is 1. The minimum Gasteiger partial charge on any atom is -0.492 e. The SMILES string of the molecule is CC(C)CC(NC(=O)c1cc2cc(OCCN3CCCC3)ccc2o1)C(=O)NC1CCCN(S(=O)(=O)c2ccccc2)C[C@@H]1O. The number of aliphatic hydroxyl groups excluding tert-OH is 1. The third kappa shape index (κ3) is 8.43. The van der Waals surface area contributed by atoms with Crippen molar-refractivity contribution in [2.24, 2.45) is 5.92 Å². The lowest BCUT2D eigenvalue weighted by atomic mass is 10.0. The first-order valence-corrected chi connectivity index (χ1v) is 17.3. The van der Waals surface area contributed by atoms with Gasteiger partial charge in [0.15, 0.2) is 5.76 Å². The Morgan fingerprint density at radius 2 is 1.80 bits per heavy atom. The summed E-state index contributed by atoms with van der Waals surface area (Å²) in [5, 5.41) is 17.4. The van der Waals surface area contributed by atoms with Gasteiger partial charge in [-0.2, -0.15) is 4.31 Å². The molecule has 2 aromatic carbocycles. The molecule has 2 aliphatic heterocycles. The molecule has 3 aromatic rings. The maximum Gasteiger partial charge on any atom is 0.287 e. The highest BCUT2D eigenvalue weighted by atomic mass is 32.2. The van der Waals surface area contributed by atoms with Gasteiger partial charge in [0, 0.05) is 25.0 Å². The fourth-order valence-corrected chi connectivity index (χ4v) is 7.49. The van der Waals surface area contributed by atoms with Crippen molar-refractivity contribution < 1.29 is 32.3 Å². The van der Waals surface area contributed by atoms with Crippen LogP contribution in [0.4, 0.5) is 0 Å². The number of nitrogens with one attached hydrogen (secondary N) is 2. The van der Waals surface area contributed by atoms with Crippen molar-refractivity contribution in [3.8, 4) is 5.75 Å². The zero-order valence-corrected chi connectivity index (χ0v) is 26.8. The second kappa shape index (κ2) is 14.8. The van der Waals surface area contributed by atoms with Crippen molar-refractivity contribution >= 4 is 32.8 Å². The zero-order chi connectivity index (χ0) is 32.0. The van der Waals surface area contributed by atoms with Crippen LogP contribution in [-0.2, 0) is 14.8 Å². The van der Waals surface area contributed by atoms with Crippen molar-refractivity contribution in [2.75, 3.05) is 39.3 Å². The van der Waals surface area contributed by atoms with Crippen molar-refractivity contribution in [1.82, 2.24) is 19.8 Å². The number of rotatable bonds is 12. The van der Waals surface area contributed by atoms with Gasteiger partial charge < -0.3 is 24.9 Å². The summed E-state index contributed by atoms with van der Waals surface area (Å²) in [6, 6.07) is 13.6. The highest BCUT2D eigenvalue weighted by molar-refractivity contribution is 7.89. The number of hydrogen-bond acceptors (Lipinski definition) is 8. The Bertz CT molecular complexity index is 1550. The molecule has 2 amide bonds. The Hall–Kier alpha value is -3.45. The second-order valence-electron chi connectivity index (χ2n) is 12.4. The fraction of sp³-hybridized carbons (Fsp3) is 0.515. The van der Waals surface area contributed by atoms with Crippen molar-refractivity contribution in [1.29, 1.82) is 0 Å². The molecule has 0 radical (unpaired) electrons. The number of nitrogens with zero attached hydrogens (tertiary/aromatic N) is 2. The first-order chi connectivity index (χ1) is 21.6. The monoisotopic (exact) mass is 640 g/mol. The Balaban J connectivity index is 1.20. The largest absolute Gasteiger partial charge is 0.492 e. The molecule has 11 nitrogen and oxygen atoms in total. The van der Waals surface area contributed by atoms with Crippen LogP contribution in [0, 0.1) is 5.92 Å². The zero-order valence-electron chi connectivity index (χ0n) is 26.0. The normalized spacial score (nSPS) is 20.6. The minimum atomic E-state index is -3.79. The lowest BCUT2D eigenvalue weighted by Gasteiger charge is -2.27. The van der Waals surface area contributed by atoms with Crippen LogP contribution in [0.25, 0.3) is 11.0 Å². The molecule has 45 heavy (non-hydrogen) atoms. The molecule has 0 aliphatic carbocycles. The Labute approximate surface area is 264 Å². The molecule has 244 valence electrons. The molecule has 3 heterocycles. The van der Waals surface area contributed by atoms with Gasteiger partial charge in [-0.25, -0.2) is 8.42 Å². The highest BCUT2D eigenvalue weighted by Gasteiger charge is 2.35. The highest BCUT2D eigenvalue weighted by Crippen LogP contribution is 2.25. The van der Waals surface area contributed by atoms with E-state index in [1.165, 1.54) is 29.3 Å². The van der Waals surface area contributed by atoms with E-state index >= 15 is 0 Å². The lowest BCUT2D eigenvalue weighted by molar-refractivity contribution is -0.125. The average Bonchev–Trinajstić information content (AvgIpc) is 3.65. The summed E-state index contributed by atoms with van der Waals surface area (Å²) in [6.45, 7) is 7.65. The summed E-state index contributed by atoms with van der Waals surface area (Å²) in [5.41, 5.74) is 0.536. The van der Waals surface area contributed by atoms with E-state index in [-0.39, 0.29) is 29.7 Å². The molecule has 3 atom stereocenters. The van der Waals surface area contributed by atoms with Gasteiger partial charge in [-0.05, 0) is 87.5 Å². The van der Waals surface area contributed by atoms with E-state index in [0.717, 1.165) is 25.0 Å². The average molecular weight is 641 g/mol. The molecule has 1 aromatic heterocycles. The van der Waals surface area contributed by atoms with E-state index in [9.17, 15) is 23.1 Å².